The molecule has 0 aromatic carbocycles. The molecule has 0 radical (unpaired) electrons. The molecule has 106 valence electrons. The van der Waals surface area contributed by atoms with E-state index in [4.69, 9.17) is 4.74 Å². The molecule has 2 aliphatic rings. The SMILES string of the molecule is CNC1CC2CCC(C1)N2CCCCOC(C)C. The minimum atomic E-state index is 0.382. The van der Waals surface area contributed by atoms with Crippen LogP contribution in [0.1, 0.15) is 52.4 Å². The molecule has 2 aliphatic heterocycles. The second-order valence-electron chi connectivity index (χ2n) is 6.21. The van der Waals surface area contributed by atoms with Crippen LogP contribution in [0.2, 0.25) is 0 Å². The highest BCUT2D eigenvalue weighted by Gasteiger charge is 2.39. The fourth-order valence-electron chi connectivity index (χ4n) is 3.59. The molecule has 3 nitrogen and oxygen atoms in total. The largest absolute Gasteiger partial charge is 0.379 e. The van der Waals surface area contributed by atoms with Crippen molar-refractivity contribution in [3.8, 4) is 0 Å². The van der Waals surface area contributed by atoms with Gasteiger partial charge in [-0.15, -0.1) is 0 Å². The lowest BCUT2D eigenvalue weighted by Crippen LogP contribution is -2.48. The Labute approximate surface area is 112 Å². The van der Waals surface area contributed by atoms with E-state index >= 15 is 0 Å². The summed E-state index contributed by atoms with van der Waals surface area (Å²) in [6.45, 7) is 6.44. The van der Waals surface area contributed by atoms with Crippen molar-refractivity contribution in [2.24, 2.45) is 0 Å². The van der Waals surface area contributed by atoms with Gasteiger partial charge in [-0.05, 0) is 66.0 Å². The second-order valence-corrected chi connectivity index (χ2v) is 6.21. The van der Waals surface area contributed by atoms with Crippen LogP contribution in [0.4, 0.5) is 0 Å². The first-order valence-electron chi connectivity index (χ1n) is 7.75. The van der Waals surface area contributed by atoms with Crippen LogP contribution in [0.25, 0.3) is 0 Å². The maximum absolute atomic E-state index is 5.61. The van der Waals surface area contributed by atoms with Crippen LogP contribution in [-0.4, -0.2) is 49.3 Å². The van der Waals surface area contributed by atoms with E-state index in [0.717, 1.165) is 24.7 Å². The first-order valence-corrected chi connectivity index (χ1v) is 7.75. The highest BCUT2D eigenvalue weighted by molar-refractivity contribution is 4.96. The Morgan fingerprint density at radius 1 is 1.17 bits per heavy atom. The second kappa shape index (κ2) is 6.88. The van der Waals surface area contributed by atoms with Crippen molar-refractivity contribution in [1.29, 1.82) is 0 Å². The third kappa shape index (κ3) is 3.69. The predicted octanol–water partition coefficient (Wildman–Crippen LogP) is 2.41. The third-order valence-corrected chi connectivity index (χ3v) is 4.55. The predicted molar refractivity (Wildman–Crippen MR) is 75.9 cm³/mol. The van der Waals surface area contributed by atoms with Crippen LogP contribution < -0.4 is 5.32 Å². The lowest BCUT2D eigenvalue weighted by Gasteiger charge is -2.39. The molecule has 0 aromatic heterocycles. The molecule has 1 N–H and O–H groups in total. The molecule has 0 amide bonds. The van der Waals surface area contributed by atoms with Crippen LogP contribution >= 0.6 is 0 Å². The average molecular weight is 254 g/mol. The van der Waals surface area contributed by atoms with Gasteiger partial charge in [0.2, 0.25) is 0 Å². The van der Waals surface area contributed by atoms with Crippen LogP contribution in [0, 0.1) is 0 Å². The molecule has 2 atom stereocenters. The molecule has 3 heteroatoms. The topological polar surface area (TPSA) is 24.5 Å². The summed E-state index contributed by atoms with van der Waals surface area (Å²) in [5, 5.41) is 3.47. The number of nitrogens with one attached hydrogen (secondary N) is 1. The molecule has 0 aliphatic carbocycles. The van der Waals surface area contributed by atoms with Crippen LogP contribution in [0.5, 0.6) is 0 Å². The number of rotatable bonds is 7. The van der Waals surface area contributed by atoms with Gasteiger partial charge in [-0.2, -0.15) is 0 Å². The van der Waals surface area contributed by atoms with Gasteiger partial charge in [-0.1, -0.05) is 0 Å². The average Bonchev–Trinajstić information content (AvgIpc) is 2.60. The molecule has 2 bridgehead atoms. The molecular weight excluding hydrogens is 224 g/mol. The molecule has 2 fully saturated rings. The minimum absolute atomic E-state index is 0.382. The molecule has 2 unspecified atom stereocenters. The molecule has 0 saturated carbocycles. The summed E-state index contributed by atoms with van der Waals surface area (Å²) in [4.78, 5) is 2.78. The fourth-order valence-corrected chi connectivity index (χ4v) is 3.59. The summed E-state index contributed by atoms with van der Waals surface area (Å²) < 4.78 is 5.61. The lowest BCUT2D eigenvalue weighted by atomic mass is 9.97. The van der Waals surface area contributed by atoms with Gasteiger partial charge in [-0.3, -0.25) is 4.90 Å². The van der Waals surface area contributed by atoms with Crippen LogP contribution in [0.15, 0.2) is 0 Å². The van der Waals surface area contributed by atoms with Gasteiger partial charge < -0.3 is 10.1 Å². The van der Waals surface area contributed by atoms with Gasteiger partial charge in [-0.25, -0.2) is 0 Å². The third-order valence-electron chi connectivity index (χ3n) is 4.55. The Morgan fingerprint density at radius 3 is 2.39 bits per heavy atom. The molecule has 2 rings (SSSR count). The van der Waals surface area contributed by atoms with Gasteiger partial charge in [0, 0.05) is 24.7 Å². The lowest BCUT2D eigenvalue weighted by molar-refractivity contribution is 0.0687. The molecule has 2 saturated heterocycles. The Hall–Kier alpha value is -0.120. The van der Waals surface area contributed by atoms with Crippen molar-refractivity contribution >= 4 is 0 Å². The van der Waals surface area contributed by atoms with Gasteiger partial charge >= 0.3 is 0 Å². The zero-order valence-corrected chi connectivity index (χ0v) is 12.3. The van der Waals surface area contributed by atoms with Crippen molar-refractivity contribution in [2.75, 3.05) is 20.2 Å². The number of hydrogen-bond donors (Lipinski definition) is 1. The first-order chi connectivity index (χ1) is 8.70. The van der Waals surface area contributed by atoms with Crippen LogP contribution in [-0.2, 0) is 4.74 Å². The zero-order chi connectivity index (χ0) is 13.0. The van der Waals surface area contributed by atoms with Crippen molar-refractivity contribution in [3.63, 3.8) is 0 Å². The summed E-state index contributed by atoms with van der Waals surface area (Å²) >= 11 is 0. The summed E-state index contributed by atoms with van der Waals surface area (Å²) in [6, 6.07) is 2.47. The van der Waals surface area contributed by atoms with E-state index in [-0.39, 0.29) is 0 Å². The smallest absolute Gasteiger partial charge is 0.0518 e. The van der Waals surface area contributed by atoms with E-state index in [2.05, 4.69) is 31.1 Å². The molecule has 18 heavy (non-hydrogen) atoms. The van der Waals surface area contributed by atoms with E-state index in [0.29, 0.717) is 6.10 Å². The zero-order valence-electron chi connectivity index (χ0n) is 12.3. The van der Waals surface area contributed by atoms with E-state index in [1.807, 2.05) is 0 Å². The Balaban J connectivity index is 1.65. The van der Waals surface area contributed by atoms with Gasteiger partial charge in [0.1, 0.15) is 0 Å². The Kier molecular flexibility index (Phi) is 5.46. The fraction of sp³-hybridized carbons (Fsp3) is 1.00. The maximum atomic E-state index is 5.61. The summed E-state index contributed by atoms with van der Waals surface area (Å²) in [5.41, 5.74) is 0. The van der Waals surface area contributed by atoms with E-state index in [9.17, 15) is 0 Å². The first kappa shape index (κ1) is 14.3. The molecule has 0 aromatic rings. The minimum Gasteiger partial charge on any atom is -0.379 e. The number of piperidine rings is 1. The number of fused-ring (bicyclic) bond motifs is 2. The van der Waals surface area contributed by atoms with Crippen LogP contribution in [0.3, 0.4) is 0 Å². The van der Waals surface area contributed by atoms with Crippen molar-refractivity contribution in [3.05, 3.63) is 0 Å². The number of ether oxygens (including phenoxy) is 1. The van der Waals surface area contributed by atoms with E-state index in [1.165, 1.54) is 45.1 Å². The summed E-state index contributed by atoms with van der Waals surface area (Å²) in [7, 11) is 2.11. The standard InChI is InChI=1S/C15H30N2O/c1-12(2)18-9-5-4-8-17-14-6-7-15(17)11-13(10-14)16-3/h12-16H,4-11H2,1-3H3. The van der Waals surface area contributed by atoms with Crippen molar-refractivity contribution in [1.82, 2.24) is 10.2 Å². The van der Waals surface area contributed by atoms with Gasteiger partial charge in [0.15, 0.2) is 0 Å². The molecule has 0 spiro atoms. The molecular formula is C15H30N2O. The van der Waals surface area contributed by atoms with Gasteiger partial charge in [0.05, 0.1) is 6.10 Å². The van der Waals surface area contributed by atoms with E-state index in [1.54, 1.807) is 0 Å². The quantitative estimate of drug-likeness (QED) is 0.706. The normalized spacial score (nSPS) is 32.3. The van der Waals surface area contributed by atoms with Gasteiger partial charge in [0.25, 0.3) is 0 Å². The maximum Gasteiger partial charge on any atom is 0.0518 e. The number of nitrogens with zero attached hydrogens (tertiary/aromatic N) is 1. The van der Waals surface area contributed by atoms with Crippen molar-refractivity contribution in [2.45, 2.75) is 76.6 Å². The van der Waals surface area contributed by atoms with E-state index < -0.39 is 0 Å². The highest BCUT2D eigenvalue weighted by Crippen LogP contribution is 2.35. The summed E-state index contributed by atoms with van der Waals surface area (Å²) in [5.74, 6) is 0. The Bertz CT molecular complexity index is 231. The number of unbranched alkanes of at least 4 members (excludes halogenated alkanes) is 1. The monoisotopic (exact) mass is 254 g/mol. The Morgan fingerprint density at radius 2 is 1.83 bits per heavy atom. The highest BCUT2D eigenvalue weighted by atomic mass is 16.5. The summed E-state index contributed by atoms with van der Waals surface area (Å²) in [6.07, 6.45) is 8.45. The van der Waals surface area contributed by atoms with Crippen molar-refractivity contribution < 1.29 is 4.74 Å². The number of hydrogen-bond acceptors (Lipinski definition) is 3. The molecule has 2 heterocycles.